The Morgan fingerprint density at radius 3 is 2.82 bits per heavy atom. The first-order valence-electron chi connectivity index (χ1n) is 7.47. The molecule has 0 aliphatic carbocycles. The fourth-order valence-electron chi connectivity index (χ4n) is 2.71. The number of fused-ring (bicyclic) bond motifs is 1. The summed E-state index contributed by atoms with van der Waals surface area (Å²) in [6.45, 7) is 5.19. The van der Waals surface area contributed by atoms with Gasteiger partial charge in [-0.3, -0.25) is 4.90 Å². The first-order valence-corrected chi connectivity index (χ1v) is 7.47. The standard InChI is InChI=1S/C17H18N4O/c1-2-22-17-15-11-21(8-7-16(15)19-12-20-17)10-14-5-3-13(9-18)4-6-14/h3-6,12H,2,7-8,10-11H2,1H3. The molecule has 0 saturated heterocycles. The van der Waals surface area contributed by atoms with Crippen molar-refractivity contribution >= 4 is 0 Å². The summed E-state index contributed by atoms with van der Waals surface area (Å²) in [5, 5.41) is 8.85. The third-order valence-electron chi connectivity index (χ3n) is 3.81. The van der Waals surface area contributed by atoms with E-state index in [0.717, 1.165) is 37.3 Å². The molecule has 112 valence electrons. The first kappa shape index (κ1) is 14.5. The van der Waals surface area contributed by atoms with Gasteiger partial charge < -0.3 is 4.74 Å². The van der Waals surface area contributed by atoms with Crippen molar-refractivity contribution in [1.82, 2.24) is 14.9 Å². The van der Waals surface area contributed by atoms with Crippen molar-refractivity contribution in [2.45, 2.75) is 26.4 Å². The molecule has 0 bridgehead atoms. The van der Waals surface area contributed by atoms with Crippen LogP contribution in [-0.2, 0) is 19.5 Å². The molecule has 1 aromatic heterocycles. The summed E-state index contributed by atoms with van der Waals surface area (Å²) in [7, 11) is 0. The van der Waals surface area contributed by atoms with Gasteiger partial charge in [0.25, 0.3) is 0 Å². The lowest BCUT2D eigenvalue weighted by atomic mass is 10.1. The van der Waals surface area contributed by atoms with E-state index < -0.39 is 0 Å². The molecule has 0 atom stereocenters. The summed E-state index contributed by atoms with van der Waals surface area (Å²) in [6.07, 6.45) is 2.49. The molecule has 0 unspecified atom stereocenters. The number of rotatable bonds is 4. The molecule has 2 heterocycles. The van der Waals surface area contributed by atoms with Crippen molar-refractivity contribution in [3.63, 3.8) is 0 Å². The average Bonchev–Trinajstić information content (AvgIpc) is 2.56. The molecular weight excluding hydrogens is 276 g/mol. The zero-order chi connectivity index (χ0) is 15.4. The maximum Gasteiger partial charge on any atom is 0.221 e. The molecular formula is C17H18N4O. The highest BCUT2D eigenvalue weighted by molar-refractivity contribution is 5.33. The van der Waals surface area contributed by atoms with Gasteiger partial charge in [0.05, 0.1) is 23.9 Å². The van der Waals surface area contributed by atoms with Crippen molar-refractivity contribution in [3.05, 3.63) is 53.0 Å². The van der Waals surface area contributed by atoms with Gasteiger partial charge >= 0.3 is 0 Å². The number of nitriles is 1. The van der Waals surface area contributed by atoms with Gasteiger partial charge in [-0.15, -0.1) is 0 Å². The van der Waals surface area contributed by atoms with Crippen molar-refractivity contribution in [2.75, 3.05) is 13.2 Å². The van der Waals surface area contributed by atoms with Crippen molar-refractivity contribution in [2.24, 2.45) is 0 Å². The van der Waals surface area contributed by atoms with Crippen molar-refractivity contribution in [3.8, 4) is 11.9 Å². The molecule has 0 amide bonds. The van der Waals surface area contributed by atoms with Crippen molar-refractivity contribution in [1.29, 1.82) is 5.26 Å². The summed E-state index contributed by atoms with van der Waals surface area (Å²) in [4.78, 5) is 11.0. The molecule has 1 aliphatic heterocycles. The second kappa shape index (κ2) is 6.54. The van der Waals surface area contributed by atoms with Gasteiger partial charge in [0.2, 0.25) is 5.88 Å². The van der Waals surface area contributed by atoms with Gasteiger partial charge in [0.15, 0.2) is 0 Å². The minimum atomic E-state index is 0.610. The van der Waals surface area contributed by atoms with Gasteiger partial charge in [-0.1, -0.05) is 12.1 Å². The molecule has 0 fully saturated rings. The van der Waals surface area contributed by atoms with E-state index in [1.165, 1.54) is 5.56 Å². The highest BCUT2D eigenvalue weighted by atomic mass is 16.5. The lowest BCUT2D eigenvalue weighted by molar-refractivity contribution is 0.231. The molecule has 1 aromatic carbocycles. The number of aromatic nitrogens is 2. The van der Waals surface area contributed by atoms with E-state index in [2.05, 4.69) is 20.9 Å². The molecule has 5 nitrogen and oxygen atoms in total. The van der Waals surface area contributed by atoms with Gasteiger partial charge in [-0.2, -0.15) is 5.26 Å². The molecule has 5 heteroatoms. The first-order chi connectivity index (χ1) is 10.8. The van der Waals surface area contributed by atoms with Crippen LogP contribution in [0.2, 0.25) is 0 Å². The van der Waals surface area contributed by atoms with Gasteiger partial charge in [-0.05, 0) is 24.6 Å². The molecule has 22 heavy (non-hydrogen) atoms. The van der Waals surface area contributed by atoms with E-state index in [1.807, 2.05) is 31.2 Å². The van der Waals surface area contributed by atoms with Crippen LogP contribution in [0.15, 0.2) is 30.6 Å². The quantitative estimate of drug-likeness (QED) is 0.866. The largest absolute Gasteiger partial charge is 0.478 e. The second-order valence-electron chi connectivity index (χ2n) is 5.31. The van der Waals surface area contributed by atoms with Gasteiger partial charge in [0.1, 0.15) is 6.33 Å². The smallest absolute Gasteiger partial charge is 0.221 e. The second-order valence-corrected chi connectivity index (χ2v) is 5.31. The van der Waals surface area contributed by atoms with Gasteiger partial charge in [0, 0.05) is 31.6 Å². The third kappa shape index (κ3) is 3.07. The minimum Gasteiger partial charge on any atom is -0.478 e. The van der Waals surface area contributed by atoms with Crippen LogP contribution in [0.25, 0.3) is 0 Å². The SMILES string of the molecule is CCOc1ncnc2c1CN(Cc1ccc(C#N)cc1)CC2. The van der Waals surface area contributed by atoms with E-state index in [1.54, 1.807) is 6.33 Å². The fourth-order valence-corrected chi connectivity index (χ4v) is 2.71. The molecule has 0 N–H and O–H groups in total. The Bertz CT molecular complexity index is 691. The fraction of sp³-hybridized carbons (Fsp3) is 0.353. The highest BCUT2D eigenvalue weighted by Crippen LogP contribution is 2.25. The summed E-state index contributed by atoms with van der Waals surface area (Å²) < 4.78 is 5.62. The highest BCUT2D eigenvalue weighted by Gasteiger charge is 2.21. The number of hydrogen-bond acceptors (Lipinski definition) is 5. The Hall–Kier alpha value is -2.45. The Labute approximate surface area is 130 Å². The van der Waals surface area contributed by atoms with E-state index in [9.17, 15) is 0 Å². The van der Waals surface area contributed by atoms with E-state index in [0.29, 0.717) is 18.1 Å². The maximum atomic E-state index is 8.85. The average molecular weight is 294 g/mol. The molecule has 3 rings (SSSR count). The zero-order valence-electron chi connectivity index (χ0n) is 12.6. The minimum absolute atomic E-state index is 0.610. The molecule has 0 spiro atoms. The third-order valence-corrected chi connectivity index (χ3v) is 3.81. The molecule has 2 aromatic rings. The monoisotopic (exact) mass is 294 g/mol. The van der Waals surface area contributed by atoms with Crippen LogP contribution in [0.1, 0.15) is 29.3 Å². The lowest BCUT2D eigenvalue weighted by Crippen LogP contribution is -2.31. The number of hydrogen-bond donors (Lipinski definition) is 0. The number of benzene rings is 1. The van der Waals surface area contributed by atoms with Crippen LogP contribution in [0.3, 0.4) is 0 Å². The zero-order valence-corrected chi connectivity index (χ0v) is 12.6. The van der Waals surface area contributed by atoms with Crippen molar-refractivity contribution < 1.29 is 4.74 Å². The van der Waals surface area contributed by atoms with E-state index >= 15 is 0 Å². The van der Waals surface area contributed by atoms with Crippen LogP contribution >= 0.6 is 0 Å². The van der Waals surface area contributed by atoms with Crippen LogP contribution in [0.5, 0.6) is 5.88 Å². The van der Waals surface area contributed by atoms with Gasteiger partial charge in [-0.25, -0.2) is 9.97 Å². The summed E-state index contributed by atoms with van der Waals surface area (Å²) in [6, 6.07) is 9.90. The van der Waals surface area contributed by atoms with Crippen LogP contribution in [-0.4, -0.2) is 28.0 Å². The maximum absolute atomic E-state index is 8.85. The van der Waals surface area contributed by atoms with Crippen LogP contribution in [0, 0.1) is 11.3 Å². The topological polar surface area (TPSA) is 62.0 Å². The predicted molar refractivity (Wildman–Crippen MR) is 82.2 cm³/mol. The molecule has 0 saturated carbocycles. The van der Waals surface area contributed by atoms with Crippen LogP contribution < -0.4 is 4.74 Å². The normalized spacial score (nSPS) is 14.2. The summed E-state index contributed by atoms with van der Waals surface area (Å²) in [5.41, 5.74) is 4.09. The van der Waals surface area contributed by atoms with E-state index in [-0.39, 0.29) is 0 Å². The Balaban J connectivity index is 1.74. The summed E-state index contributed by atoms with van der Waals surface area (Å²) >= 11 is 0. The van der Waals surface area contributed by atoms with E-state index in [4.69, 9.17) is 10.00 Å². The molecule has 0 radical (unpaired) electrons. The summed E-state index contributed by atoms with van der Waals surface area (Å²) in [5.74, 6) is 0.706. The molecule has 1 aliphatic rings. The van der Waals surface area contributed by atoms with Crippen LogP contribution in [0.4, 0.5) is 0 Å². The number of ether oxygens (including phenoxy) is 1. The number of nitrogens with zero attached hydrogens (tertiary/aromatic N) is 4. The lowest BCUT2D eigenvalue weighted by Gasteiger charge is -2.28. The Morgan fingerprint density at radius 1 is 1.27 bits per heavy atom. The Kier molecular flexibility index (Phi) is 4.31. The Morgan fingerprint density at radius 2 is 2.09 bits per heavy atom. The predicted octanol–water partition coefficient (Wildman–Crippen LogP) is 2.31.